The monoisotopic (exact) mass is 386 g/mol. The van der Waals surface area contributed by atoms with Gasteiger partial charge in [-0.15, -0.1) is 0 Å². The molecule has 8 nitrogen and oxygen atoms in total. The van der Waals surface area contributed by atoms with E-state index in [-0.39, 0.29) is 11.8 Å². The van der Waals surface area contributed by atoms with Crippen molar-refractivity contribution in [3.8, 4) is 0 Å². The van der Waals surface area contributed by atoms with Crippen LogP contribution in [0.2, 0.25) is 0 Å². The predicted molar refractivity (Wildman–Crippen MR) is 106 cm³/mol. The van der Waals surface area contributed by atoms with Crippen molar-refractivity contribution in [1.82, 2.24) is 19.4 Å². The van der Waals surface area contributed by atoms with Gasteiger partial charge in [0.15, 0.2) is 0 Å². The molecular weight excluding hydrogens is 360 g/mol. The minimum Gasteiger partial charge on any atom is -0.339 e. The second kappa shape index (κ2) is 7.26. The topological polar surface area (TPSA) is 95.5 Å². The third-order valence-electron chi connectivity index (χ3n) is 5.03. The Morgan fingerprint density at radius 3 is 2.21 bits per heavy atom. The average Bonchev–Trinajstić information content (AvgIpc) is 2.67. The first kappa shape index (κ1) is 19.9. The molecule has 0 atom stereocenters. The number of H-pyrrole nitrogens is 1. The Hall–Kier alpha value is -2.90. The molecule has 2 aromatic rings. The Morgan fingerprint density at radius 2 is 1.64 bits per heavy atom. The fourth-order valence-corrected chi connectivity index (χ4v) is 3.50. The quantitative estimate of drug-likeness (QED) is 0.780. The van der Waals surface area contributed by atoms with E-state index in [4.69, 9.17) is 0 Å². The van der Waals surface area contributed by atoms with Gasteiger partial charge in [-0.3, -0.25) is 19.2 Å². The van der Waals surface area contributed by atoms with Crippen molar-refractivity contribution in [3.05, 3.63) is 44.5 Å². The Labute approximate surface area is 162 Å². The molecule has 28 heavy (non-hydrogen) atoms. The number of hydrogen-bond donors (Lipinski definition) is 1. The Balaban J connectivity index is 1.81. The molecule has 0 radical (unpaired) electrons. The minimum absolute atomic E-state index is 0.0837. The fraction of sp³-hybridized carbons (Fsp3) is 0.500. The van der Waals surface area contributed by atoms with Gasteiger partial charge >= 0.3 is 11.1 Å². The molecule has 0 bridgehead atoms. The first-order chi connectivity index (χ1) is 13.1. The summed E-state index contributed by atoms with van der Waals surface area (Å²) in [7, 11) is 0. The standard InChI is InChI=1S/C20H26N4O4/c1-5-24-15-7-6-13(12-14(15)21-16(25)18(24)27)17(26)22-8-10-23(11-9-22)19(28)20(2,3)4/h6-7,12H,5,8-11H2,1-4H3,(H,21,25). The third-order valence-corrected chi connectivity index (χ3v) is 5.03. The van der Waals surface area contributed by atoms with Gasteiger partial charge in [-0.25, -0.2) is 0 Å². The van der Waals surface area contributed by atoms with Gasteiger partial charge in [0.05, 0.1) is 11.0 Å². The zero-order valence-electron chi connectivity index (χ0n) is 16.7. The van der Waals surface area contributed by atoms with Crippen LogP contribution in [0.4, 0.5) is 0 Å². The van der Waals surface area contributed by atoms with Crippen LogP contribution in [0.1, 0.15) is 38.1 Å². The fourth-order valence-electron chi connectivity index (χ4n) is 3.50. The molecule has 3 rings (SSSR count). The van der Waals surface area contributed by atoms with E-state index in [1.807, 2.05) is 20.8 Å². The molecule has 0 unspecified atom stereocenters. The maximum atomic E-state index is 12.9. The maximum absolute atomic E-state index is 12.9. The van der Waals surface area contributed by atoms with E-state index >= 15 is 0 Å². The van der Waals surface area contributed by atoms with Crippen LogP contribution in [0.3, 0.4) is 0 Å². The highest BCUT2D eigenvalue weighted by Crippen LogP contribution is 2.20. The summed E-state index contributed by atoms with van der Waals surface area (Å²) in [6.45, 7) is 9.75. The number of hydrogen-bond acceptors (Lipinski definition) is 4. The molecule has 0 aliphatic carbocycles. The number of fused-ring (bicyclic) bond motifs is 1. The highest BCUT2D eigenvalue weighted by atomic mass is 16.2. The Kier molecular flexibility index (Phi) is 5.14. The predicted octanol–water partition coefficient (Wildman–Crippen LogP) is 1.04. The third kappa shape index (κ3) is 3.58. The summed E-state index contributed by atoms with van der Waals surface area (Å²) in [5, 5.41) is 0. The average molecular weight is 386 g/mol. The van der Waals surface area contributed by atoms with E-state index in [2.05, 4.69) is 4.98 Å². The minimum atomic E-state index is -0.701. The molecule has 1 fully saturated rings. The van der Waals surface area contributed by atoms with Gasteiger partial charge in [0.1, 0.15) is 0 Å². The summed E-state index contributed by atoms with van der Waals surface area (Å²) >= 11 is 0. The number of nitrogens with one attached hydrogen (secondary N) is 1. The molecule has 1 aliphatic rings. The molecular formula is C20H26N4O4. The lowest BCUT2D eigenvalue weighted by Gasteiger charge is -2.37. The number of nitrogens with zero attached hydrogens (tertiary/aromatic N) is 3. The normalized spacial score (nSPS) is 15.1. The molecule has 150 valence electrons. The van der Waals surface area contributed by atoms with Crippen LogP contribution in [0, 0.1) is 5.41 Å². The van der Waals surface area contributed by atoms with Gasteiger partial charge < -0.3 is 19.4 Å². The van der Waals surface area contributed by atoms with Crippen molar-refractivity contribution in [2.75, 3.05) is 26.2 Å². The van der Waals surface area contributed by atoms with E-state index in [9.17, 15) is 19.2 Å². The molecule has 8 heteroatoms. The first-order valence-corrected chi connectivity index (χ1v) is 9.49. The van der Waals surface area contributed by atoms with Gasteiger partial charge in [0.2, 0.25) is 5.91 Å². The van der Waals surface area contributed by atoms with Crippen LogP contribution in [-0.4, -0.2) is 57.3 Å². The lowest BCUT2D eigenvalue weighted by Crippen LogP contribution is -2.53. The van der Waals surface area contributed by atoms with Crippen molar-refractivity contribution >= 4 is 22.8 Å². The summed E-state index contributed by atoms with van der Waals surface area (Å²) < 4.78 is 1.39. The molecule has 2 heterocycles. The smallest absolute Gasteiger partial charge is 0.316 e. The summed E-state index contributed by atoms with van der Waals surface area (Å²) in [6.07, 6.45) is 0. The van der Waals surface area contributed by atoms with Crippen molar-refractivity contribution in [2.24, 2.45) is 5.41 Å². The highest BCUT2D eigenvalue weighted by Gasteiger charge is 2.31. The molecule has 2 amide bonds. The van der Waals surface area contributed by atoms with Crippen LogP contribution in [0.25, 0.3) is 11.0 Å². The Morgan fingerprint density at radius 1 is 1.04 bits per heavy atom. The van der Waals surface area contributed by atoms with Crippen molar-refractivity contribution in [2.45, 2.75) is 34.2 Å². The zero-order chi connectivity index (χ0) is 20.6. The van der Waals surface area contributed by atoms with Gasteiger partial charge in [-0.05, 0) is 25.1 Å². The van der Waals surface area contributed by atoms with Crippen molar-refractivity contribution in [1.29, 1.82) is 0 Å². The number of rotatable bonds is 2. The van der Waals surface area contributed by atoms with E-state index in [0.29, 0.717) is 49.3 Å². The van der Waals surface area contributed by atoms with Crippen LogP contribution in [-0.2, 0) is 11.3 Å². The van der Waals surface area contributed by atoms with Gasteiger partial charge in [-0.1, -0.05) is 20.8 Å². The summed E-state index contributed by atoms with van der Waals surface area (Å²) in [4.78, 5) is 55.1. The van der Waals surface area contributed by atoms with E-state index in [1.165, 1.54) is 4.57 Å². The second-order valence-electron chi connectivity index (χ2n) is 8.07. The van der Waals surface area contributed by atoms with E-state index in [1.54, 1.807) is 34.9 Å². The molecule has 1 N–H and O–H groups in total. The number of amides is 2. The number of aryl methyl sites for hydroxylation is 1. The van der Waals surface area contributed by atoms with Crippen molar-refractivity contribution in [3.63, 3.8) is 0 Å². The van der Waals surface area contributed by atoms with Crippen LogP contribution in [0.5, 0.6) is 0 Å². The van der Waals surface area contributed by atoms with Gasteiger partial charge in [0, 0.05) is 43.7 Å². The number of carbonyl (C=O) groups is 2. The van der Waals surface area contributed by atoms with Crippen LogP contribution >= 0.6 is 0 Å². The highest BCUT2D eigenvalue weighted by molar-refractivity contribution is 5.97. The number of benzene rings is 1. The second-order valence-corrected chi connectivity index (χ2v) is 8.07. The van der Waals surface area contributed by atoms with E-state index in [0.717, 1.165) is 0 Å². The van der Waals surface area contributed by atoms with Gasteiger partial charge in [-0.2, -0.15) is 0 Å². The lowest BCUT2D eigenvalue weighted by atomic mass is 9.94. The van der Waals surface area contributed by atoms with Crippen LogP contribution in [0.15, 0.2) is 27.8 Å². The SMILES string of the molecule is CCn1c(=O)c(=O)[nH]c2cc(C(=O)N3CCN(C(=O)C(C)(C)C)CC3)ccc21. The number of aromatic amines is 1. The van der Waals surface area contributed by atoms with Crippen LogP contribution < -0.4 is 11.1 Å². The summed E-state index contributed by atoms with van der Waals surface area (Å²) in [6, 6.07) is 4.96. The van der Waals surface area contributed by atoms with Gasteiger partial charge in [0.25, 0.3) is 5.91 Å². The summed E-state index contributed by atoms with van der Waals surface area (Å²) in [5.74, 6) is -0.0692. The molecule has 1 saturated heterocycles. The zero-order valence-corrected chi connectivity index (χ0v) is 16.7. The number of aromatic nitrogens is 2. The molecule has 0 spiro atoms. The first-order valence-electron chi connectivity index (χ1n) is 9.49. The number of piperazine rings is 1. The van der Waals surface area contributed by atoms with E-state index < -0.39 is 16.5 Å². The lowest BCUT2D eigenvalue weighted by molar-refractivity contribution is -0.140. The largest absolute Gasteiger partial charge is 0.339 e. The summed E-state index contributed by atoms with van der Waals surface area (Å²) in [5.41, 5.74) is -0.254. The van der Waals surface area contributed by atoms with Crippen molar-refractivity contribution < 1.29 is 9.59 Å². The molecule has 1 aromatic heterocycles. The molecule has 1 aromatic carbocycles. The number of carbonyl (C=O) groups excluding carboxylic acids is 2. The Bertz CT molecular complexity index is 1040. The molecule has 0 saturated carbocycles. The molecule has 1 aliphatic heterocycles. The maximum Gasteiger partial charge on any atom is 0.316 e.